The van der Waals surface area contributed by atoms with Gasteiger partial charge in [-0.25, -0.2) is 0 Å². The summed E-state index contributed by atoms with van der Waals surface area (Å²) in [6.07, 6.45) is 4.90. The van der Waals surface area contributed by atoms with E-state index in [0.29, 0.717) is 11.6 Å². The van der Waals surface area contributed by atoms with Crippen LogP contribution in [0.4, 0.5) is 5.69 Å². The van der Waals surface area contributed by atoms with Gasteiger partial charge >= 0.3 is 0 Å². The van der Waals surface area contributed by atoms with Gasteiger partial charge in [-0.2, -0.15) is 15.6 Å². The van der Waals surface area contributed by atoms with Crippen molar-refractivity contribution < 1.29 is 0 Å². The lowest BCUT2D eigenvalue weighted by Crippen LogP contribution is -2.00. The standard InChI is InChI=1S/C14H11ClN8/c15-12-7-18-23(9-12)8-10-1-3-13(4-2-10)17-6-11(5-16)14-19-21-22-20-14/h1-4,6-7,9,17H,8H2,(H,19,20,21,22). The number of allylic oxidation sites excluding steroid dienone is 1. The number of H-pyrrole nitrogens is 1. The molecule has 0 saturated carbocycles. The molecule has 23 heavy (non-hydrogen) atoms. The minimum Gasteiger partial charge on any atom is -0.360 e. The summed E-state index contributed by atoms with van der Waals surface area (Å²) in [4.78, 5) is 0. The van der Waals surface area contributed by atoms with Gasteiger partial charge in [0.15, 0.2) is 0 Å². The number of hydrogen-bond donors (Lipinski definition) is 2. The number of benzene rings is 1. The largest absolute Gasteiger partial charge is 0.360 e. The molecular weight excluding hydrogens is 316 g/mol. The lowest BCUT2D eigenvalue weighted by atomic mass is 10.2. The molecule has 0 fully saturated rings. The highest BCUT2D eigenvalue weighted by Crippen LogP contribution is 2.13. The fourth-order valence-electron chi connectivity index (χ4n) is 1.90. The average Bonchev–Trinajstić information content (AvgIpc) is 3.22. The zero-order valence-electron chi connectivity index (χ0n) is 11.8. The average molecular weight is 327 g/mol. The van der Waals surface area contributed by atoms with Crippen LogP contribution < -0.4 is 5.32 Å². The van der Waals surface area contributed by atoms with Crippen molar-refractivity contribution in [2.75, 3.05) is 5.32 Å². The second-order valence-electron chi connectivity index (χ2n) is 4.60. The molecule has 0 spiro atoms. The highest BCUT2D eigenvalue weighted by atomic mass is 35.5. The summed E-state index contributed by atoms with van der Waals surface area (Å²) in [5, 5.41) is 30.1. The van der Waals surface area contributed by atoms with Crippen LogP contribution in [0.25, 0.3) is 5.57 Å². The van der Waals surface area contributed by atoms with Crippen LogP contribution in [0.15, 0.2) is 42.9 Å². The molecule has 9 heteroatoms. The van der Waals surface area contributed by atoms with Gasteiger partial charge in [-0.1, -0.05) is 23.7 Å². The van der Waals surface area contributed by atoms with Crippen LogP contribution >= 0.6 is 11.6 Å². The number of nitrogens with one attached hydrogen (secondary N) is 2. The Hall–Kier alpha value is -3.18. The molecule has 8 nitrogen and oxygen atoms in total. The van der Waals surface area contributed by atoms with Crippen LogP contribution in [0.5, 0.6) is 0 Å². The summed E-state index contributed by atoms with van der Waals surface area (Å²) >= 11 is 5.84. The van der Waals surface area contributed by atoms with Crippen LogP contribution in [-0.2, 0) is 6.54 Å². The van der Waals surface area contributed by atoms with Crippen molar-refractivity contribution in [3.8, 4) is 6.07 Å². The van der Waals surface area contributed by atoms with E-state index >= 15 is 0 Å². The summed E-state index contributed by atoms with van der Waals surface area (Å²) in [6.45, 7) is 0.634. The Morgan fingerprint density at radius 3 is 2.83 bits per heavy atom. The highest BCUT2D eigenvalue weighted by molar-refractivity contribution is 6.30. The van der Waals surface area contributed by atoms with E-state index in [1.54, 1.807) is 17.1 Å². The number of rotatable bonds is 5. The Labute approximate surface area is 136 Å². The van der Waals surface area contributed by atoms with Crippen molar-refractivity contribution >= 4 is 22.9 Å². The van der Waals surface area contributed by atoms with Gasteiger partial charge in [0.05, 0.1) is 17.8 Å². The van der Waals surface area contributed by atoms with Crippen molar-refractivity contribution in [3.63, 3.8) is 0 Å². The van der Waals surface area contributed by atoms with Gasteiger partial charge in [0.25, 0.3) is 0 Å². The first-order valence-electron chi connectivity index (χ1n) is 6.62. The molecule has 2 aromatic heterocycles. The van der Waals surface area contributed by atoms with E-state index in [9.17, 15) is 0 Å². The summed E-state index contributed by atoms with van der Waals surface area (Å²) in [7, 11) is 0. The summed E-state index contributed by atoms with van der Waals surface area (Å²) < 4.78 is 1.76. The maximum atomic E-state index is 9.09. The molecule has 0 radical (unpaired) electrons. The molecule has 0 atom stereocenters. The third-order valence-corrected chi connectivity index (χ3v) is 3.19. The van der Waals surface area contributed by atoms with Gasteiger partial charge < -0.3 is 5.32 Å². The first kappa shape index (κ1) is 14.7. The van der Waals surface area contributed by atoms with E-state index in [2.05, 4.69) is 31.0 Å². The second-order valence-corrected chi connectivity index (χ2v) is 5.04. The molecule has 0 aliphatic carbocycles. The van der Waals surface area contributed by atoms with E-state index in [-0.39, 0.29) is 11.4 Å². The van der Waals surface area contributed by atoms with Gasteiger partial charge in [0.1, 0.15) is 11.6 Å². The fourth-order valence-corrected chi connectivity index (χ4v) is 2.05. The van der Waals surface area contributed by atoms with Crippen molar-refractivity contribution in [2.24, 2.45) is 0 Å². The number of aromatic nitrogens is 6. The normalized spacial score (nSPS) is 11.2. The van der Waals surface area contributed by atoms with Crippen LogP contribution in [0.1, 0.15) is 11.4 Å². The minimum absolute atomic E-state index is 0.243. The van der Waals surface area contributed by atoms with Crippen molar-refractivity contribution in [1.82, 2.24) is 30.4 Å². The van der Waals surface area contributed by atoms with E-state index in [0.717, 1.165) is 11.3 Å². The van der Waals surface area contributed by atoms with Gasteiger partial charge in [0.2, 0.25) is 5.82 Å². The second kappa shape index (κ2) is 6.72. The molecule has 0 bridgehead atoms. The van der Waals surface area contributed by atoms with Gasteiger partial charge in [-0.15, -0.1) is 10.2 Å². The molecule has 0 aliphatic rings. The Morgan fingerprint density at radius 1 is 1.39 bits per heavy atom. The number of nitrogens with zero attached hydrogens (tertiary/aromatic N) is 6. The highest BCUT2D eigenvalue weighted by Gasteiger charge is 2.05. The summed E-state index contributed by atoms with van der Waals surface area (Å²) in [6, 6.07) is 9.75. The lowest BCUT2D eigenvalue weighted by Gasteiger charge is -2.05. The number of hydrogen-bond acceptors (Lipinski definition) is 6. The SMILES string of the molecule is N#CC(=CNc1ccc(Cn2cc(Cl)cn2)cc1)c1nn[nH]n1. The van der Waals surface area contributed by atoms with Gasteiger partial charge in [-0.05, 0) is 22.9 Å². The molecule has 0 aliphatic heterocycles. The number of tetrazole rings is 1. The molecule has 3 aromatic rings. The van der Waals surface area contributed by atoms with Gasteiger partial charge in [-0.3, -0.25) is 4.68 Å². The van der Waals surface area contributed by atoms with Crippen molar-refractivity contribution in [2.45, 2.75) is 6.54 Å². The zero-order chi connectivity index (χ0) is 16.1. The van der Waals surface area contributed by atoms with E-state index in [4.69, 9.17) is 16.9 Å². The number of aromatic amines is 1. The maximum absolute atomic E-state index is 9.09. The molecule has 0 amide bonds. The molecule has 0 saturated heterocycles. The minimum atomic E-state index is 0.243. The van der Waals surface area contributed by atoms with Gasteiger partial charge in [0, 0.05) is 18.1 Å². The number of halogens is 1. The Bertz CT molecular complexity index is 842. The molecule has 1 aromatic carbocycles. The van der Waals surface area contributed by atoms with E-state index < -0.39 is 0 Å². The fraction of sp³-hybridized carbons (Fsp3) is 0.0714. The smallest absolute Gasteiger partial charge is 0.216 e. The quantitative estimate of drug-likeness (QED) is 0.695. The van der Waals surface area contributed by atoms with E-state index in [1.807, 2.05) is 30.3 Å². The van der Waals surface area contributed by atoms with Crippen LogP contribution in [0, 0.1) is 11.3 Å². The molecular formula is C14H11ClN8. The number of nitriles is 1. The predicted molar refractivity (Wildman–Crippen MR) is 84.2 cm³/mol. The van der Waals surface area contributed by atoms with Crippen molar-refractivity contribution in [3.05, 3.63) is 59.3 Å². The van der Waals surface area contributed by atoms with E-state index in [1.165, 1.54) is 6.20 Å². The van der Waals surface area contributed by atoms with Crippen molar-refractivity contribution in [1.29, 1.82) is 5.26 Å². The first-order chi connectivity index (χ1) is 11.2. The Morgan fingerprint density at radius 2 is 2.22 bits per heavy atom. The Kier molecular flexibility index (Phi) is 4.31. The zero-order valence-corrected chi connectivity index (χ0v) is 12.6. The third kappa shape index (κ3) is 3.72. The molecule has 2 heterocycles. The Balaban J connectivity index is 1.67. The van der Waals surface area contributed by atoms with Crippen LogP contribution in [0.3, 0.4) is 0 Å². The predicted octanol–water partition coefficient (Wildman–Crippen LogP) is 2.07. The molecule has 114 valence electrons. The van der Waals surface area contributed by atoms with Crippen LogP contribution in [-0.4, -0.2) is 30.4 Å². The molecule has 0 unspecified atom stereocenters. The summed E-state index contributed by atoms with van der Waals surface area (Å²) in [5.74, 6) is 0.243. The lowest BCUT2D eigenvalue weighted by molar-refractivity contribution is 0.687. The monoisotopic (exact) mass is 326 g/mol. The number of anilines is 1. The maximum Gasteiger partial charge on any atom is 0.216 e. The molecule has 2 N–H and O–H groups in total. The van der Waals surface area contributed by atoms with Crippen LogP contribution in [0.2, 0.25) is 5.02 Å². The third-order valence-electron chi connectivity index (χ3n) is 2.99. The summed E-state index contributed by atoms with van der Waals surface area (Å²) in [5.41, 5.74) is 2.20. The molecule has 3 rings (SSSR count). The topological polar surface area (TPSA) is 108 Å². The first-order valence-corrected chi connectivity index (χ1v) is 7.00.